The number of morpholine rings is 1. The van der Waals surface area contributed by atoms with Gasteiger partial charge in [0.25, 0.3) is 0 Å². The zero-order chi connectivity index (χ0) is 14.7. The van der Waals surface area contributed by atoms with Crippen molar-refractivity contribution in [3.63, 3.8) is 0 Å². The Labute approximate surface area is 128 Å². The molecule has 20 heavy (non-hydrogen) atoms. The van der Waals surface area contributed by atoms with Crippen molar-refractivity contribution in [1.29, 1.82) is 0 Å². The lowest BCUT2D eigenvalue weighted by atomic mass is 10.1. The third kappa shape index (κ3) is 3.71. The molecule has 6 heteroatoms. The molecular weight excluding hydrogens is 301 g/mol. The average molecular weight is 318 g/mol. The molecule has 110 valence electrons. The largest absolute Gasteiger partial charge is 0.394 e. The number of rotatable bonds is 4. The number of ketones is 1. The van der Waals surface area contributed by atoms with E-state index in [0.29, 0.717) is 28.8 Å². The second-order valence-corrected chi connectivity index (χ2v) is 5.81. The van der Waals surface area contributed by atoms with Crippen molar-refractivity contribution in [2.75, 3.05) is 26.3 Å². The summed E-state index contributed by atoms with van der Waals surface area (Å²) in [6.45, 7) is 3.24. The molecule has 2 rings (SSSR count). The van der Waals surface area contributed by atoms with Gasteiger partial charge in [0.05, 0.1) is 30.9 Å². The van der Waals surface area contributed by atoms with E-state index in [9.17, 15) is 4.79 Å². The fraction of sp³-hybridized carbons (Fsp3) is 0.500. The molecule has 1 aromatic rings. The molecule has 1 saturated heterocycles. The number of halogens is 2. The summed E-state index contributed by atoms with van der Waals surface area (Å²) in [6, 6.07) is 4.99. The normalized spacial score (nSPS) is 23.8. The molecule has 1 aromatic carbocycles. The summed E-state index contributed by atoms with van der Waals surface area (Å²) in [6.07, 6.45) is -0.236. The van der Waals surface area contributed by atoms with Gasteiger partial charge in [-0.3, -0.25) is 9.69 Å². The summed E-state index contributed by atoms with van der Waals surface area (Å²) in [5.74, 6) is -0.0582. The molecule has 4 nitrogen and oxygen atoms in total. The molecule has 1 N–H and O–H groups in total. The van der Waals surface area contributed by atoms with Crippen molar-refractivity contribution in [3.8, 4) is 0 Å². The summed E-state index contributed by atoms with van der Waals surface area (Å²) in [5, 5.41) is 10.0. The maximum atomic E-state index is 12.3. The van der Waals surface area contributed by atoms with Crippen LogP contribution in [0.2, 0.25) is 10.0 Å². The molecule has 0 radical (unpaired) electrons. The molecule has 1 heterocycles. The van der Waals surface area contributed by atoms with Gasteiger partial charge in [-0.15, -0.1) is 0 Å². The minimum Gasteiger partial charge on any atom is -0.394 e. The van der Waals surface area contributed by atoms with Crippen molar-refractivity contribution in [2.45, 2.75) is 19.1 Å². The van der Waals surface area contributed by atoms with E-state index < -0.39 is 0 Å². The van der Waals surface area contributed by atoms with Gasteiger partial charge >= 0.3 is 0 Å². The molecule has 0 saturated carbocycles. The molecule has 2 unspecified atom stereocenters. The van der Waals surface area contributed by atoms with Gasteiger partial charge in [0.2, 0.25) is 0 Å². The van der Waals surface area contributed by atoms with Crippen LogP contribution in [0.1, 0.15) is 17.3 Å². The van der Waals surface area contributed by atoms with E-state index in [2.05, 4.69) is 0 Å². The van der Waals surface area contributed by atoms with Crippen LogP contribution in [0.15, 0.2) is 18.2 Å². The van der Waals surface area contributed by atoms with Crippen molar-refractivity contribution in [1.82, 2.24) is 4.90 Å². The van der Waals surface area contributed by atoms with Crippen LogP contribution in [-0.2, 0) is 4.74 Å². The van der Waals surface area contributed by atoms with E-state index in [1.165, 1.54) is 0 Å². The van der Waals surface area contributed by atoms with E-state index in [1.807, 2.05) is 11.8 Å². The quantitative estimate of drug-likeness (QED) is 0.865. The molecule has 0 spiro atoms. The number of ether oxygens (including phenoxy) is 1. The summed E-state index contributed by atoms with van der Waals surface area (Å²) < 4.78 is 5.45. The Morgan fingerprint density at radius 1 is 1.50 bits per heavy atom. The van der Waals surface area contributed by atoms with Crippen LogP contribution >= 0.6 is 23.2 Å². The van der Waals surface area contributed by atoms with E-state index in [4.69, 9.17) is 33.0 Å². The lowest BCUT2D eigenvalue weighted by Crippen LogP contribution is -2.51. The number of benzene rings is 1. The minimum atomic E-state index is -0.236. The fourth-order valence-electron chi connectivity index (χ4n) is 2.19. The molecule has 0 amide bonds. The molecule has 1 aliphatic heterocycles. The molecule has 0 bridgehead atoms. The molecule has 2 atom stereocenters. The van der Waals surface area contributed by atoms with Crippen molar-refractivity contribution in [2.24, 2.45) is 0 Å². The minimum absolute atomic E-state index is 0.0425. The van der Waals surface area contributed by atoms with Crippen molar-refractivity contribution in [3.05, 3.63) is 33.8 Å². The second kappa shape index (κ2) is 6.87. The van der Waals surface area contributed by atoms with E-state index >= 15 is 0 Å². The average Bonchev–Trinajstić information content (AvgIpc) is 2.41. The fourth-order valence-corrected chi connectivity index (χ4v) is 2.70. The Bertz CT molecular complexity index is 495. The highest BCUT2D eigenvalue weighted by molar-refractivity contribution is 6.36. The monoisotopic (exact) mass is 317 g/mol. The molecule has 0 aromatic heterocycles. The Hall–Kier alpha value is -0.650. The van der Waals surface area contributed by atoms with Crippen LogP contribution in [0, 0.1) is 0 Å². The van der Waals surface area contributed by atoms with Crippen LogP contribution < -0.4 is 0 Å². The van der Waals surface area contributed by atoms with Gasteiger partial charge in [0, 0.05) is 23.2 Å². The smallest absolute Gasteiger partial charge is 0.178 e. The SMILES string of the molecule is CC1COC(CO)CN1CC(=O)c1ccc(Cl)cc1Cl. The number of aliphatic hydroxyl groups excluding tert-OH is 1. The maximum absolute atomic E-state index is 12.3. The highest BCUT2D eigenvalue weighted by Crippen LogP contribution is 2.22. The third-order valence-electron chi connectivity index (χ3n) is 3.42. The van der Waals surface area contributed by atoms with Crippen LogP contribution in [0.25, 0.3) is 0 Å². The van der Waals surface area contributed by atoms with Gasteiger partial charge in [-0.25, -0.2) is 0 Å². The number of carbonyl (C=O) groups excluding carboxylic acids is 1. The summed E-state index contributed by atoms with van der Waals surface area (Å²) in [7, 11) is 0. The van der Waals surface area contributed by atoms with Gasteiger partial charge in [0.1, 0.15) is 0 Å². The zero-order valence-corrected chi connectivity index (χ0v) is 12.7. The number of Topliss-reactive ketones (excluding diaryl/α,β-unsaturated/α-hetero) is 1. The molecule has 1 aliphatic rings. The molecule has 1 fully saturated rings. The van der Waals surface area contributed by atoms with Gasteiger partial charge in [-0.2, -0.15) is 0 Å². The highest BCUT2D eigenvalue weighted by Gasteiger charge is 2.27. The van der Waals surface area contributed by atoms with Gasteiger partial charge in [-0.05, 0) is 25.1 Å². The first-order valence-electron chi connectivity index (χ1n) is 6.46. The highest BCUT2D eigenvalue weighted by atomic mass is 35.5. The summed E-state index contributed by atoms with van der Waals surface area (Å²) in [4.78, 5) is 14.3. The topological polar surface area (TPSA) is 49.8 Å². The summed E-state index contributed by atoms with van der Waals surface area (Å²) in [5.41, 5.74) is 0.468. The van der Waals surface area contributed by atoms with Gasteiger partial charge in [-0.1, -0.05) is 23.2 Å². The third-order valence-corrected chi connectivity index (χ3v) is 3.96. The lowest BCUT2D eigenvalue weighted by Gasteiger charge is -2.36. The standard InChI is InChI=1S/C14H17Cl2NO3/c1-9-8-20-11(7-18)5-17(9)6-14(19)12-3-2-10(15)4-13(12)16/h2-4,9,11,18H,5-8H2,1H3. The first-order valence-corrected chi connectivity index (χ1v) is 7.21. The van der Waals surface area contributed by atoms with E-state index in [0.717, 1.165) is 0 Å². The number of carbonyl (C=O) groups is 1. The van der Waals surface area contributed by atoms with E-state index in [1.54, 1.807) is 18.2 Å². The van der Waals surface area contributed by atoms with Crippen LogP contribution in [0.4, 0.5) is 0 Å². The van der Waals surface area contributed by atoms with Crippen LogP contribution in [0.3, 0.4) is 0 Å². The van der Waals surface area contributed by atoms with Crippen LogP contribution in [-0.4, -0.2) is 54.2 Å². The number of nitrogens with zero attached hydrogens (tertiary/aromatic N) is 1. The number of hydrogen-bond acceptors (Lipinski definition) is 4. The molecule has 0 aliphatic carbocycles. The van der Waals surface area contributed by atoms with Crippen molar-refractivity contribution >= 4 is 29.0 Å². The Balaban J connectivity index is 2.06. The second-order valence-electron chi connectivity index (χ2n) is 4.96. The van der Waals surface area contributed by atoms with Crippen molar-refractivity contribution < 1.29 is 14.6 Å². The zero-order valence-electron chi connectivity index (χ0n) is 11.2. The molecular formula is C14H17Cl2NO3. The number of aliphatic hydroxyl groups is 1. The Morgan fingerprint density at radius 3 is 2.90 bits per heavy atom. The Morgan fingerprint density at radius 2 is 2.25 bits per heavy atom. The van der Waals surface area contributed by atoms with Crippen LogP contribution in [0.5, 0.6) is 0 Å². The predicted octanol–water partition coefficient (Wildman–Crippen LogP) is 2.26. The van der Waals surface area contributed by atoms with Gasteiger partial charge in [0.15, 0.2) is 5.78 Å². The first-order chi connectivity index (χ1) is 9.51. The summed E-state index contributed by atoms with van der Waals surface area (Å²) >= 11 is 11.9. The predicted molar refractivity (Wildman–Crippen MR) is 78.7 cm³/mol. The first kappa shape index (κ1) is 15.7. The van der Waals surface area contributed by atoms with E-state index in [-0.39, 0.29) is 31.1 Å². The number of hydrogen-bond donors (Lipinski definition) is 1. The Kier molecular flexibility index (Phi) is 5.41. The maximum Gasteiger partial charge on any atom is 0.178 e. The van der Waals surface area contributed by atoms with Gasteiger partial charge < -0.3 is 9.84 Å². The lowest BCUT2D eigenvalue weighted by molar-refractivity contribution is -0.0747.